The Labute approximate surface area is 270 Å². The number of fused-ring (bicyclic) bond motifs is 1. The third kappa shape index (κ3) is 6.76. The predicted octanol–water partition coefficient (Wildman–Crippen LogP) is 8.07. The normalized spacial score (nSPS) is 20.9. The third-order valence-corrected chi connectivity index (χ3v) is 11.0. The molecular formula is C38H44N2O4S. The summed E-state index contributed by atoms with van der Waals surface area (Å²) < 4.78 is 19.1. The number of hydrogen-bond donors (Lipinski definition) is 0. The second kappa shape index (κ2) is 13.9. The Balaban J connectivity index is 1.10. The van der Waals surface area contributed by atoms with E-state index in [9.17, 15) is 4.79 Å². The van der Waals surface area contributed by atoms with Gasteiger partial charge >= 0.3 is 0 Å². The number of carbonyl (C=O) groups is 1. The number of likely N-dealkylation sites (tertiary alicyclic amines) is 2. The summed E-state index contributed by atoms with van der Waals surface area (Å²) in [6, 6.07) is 22.5. The molecule has 0 radical (unpaired) electrons. The molecule has 1 aromatic heterocycles. The number of nitrogens with zero attached hydrogens (tertiary/aromatic N) is 2. The molecular weight excluding hydrogens is 580 g/mol. The lowest BCUT2D eigenvalue weighted by atomic mass is 9.97. The summed E-state index contributed by atoms with van der Waals surface area (Å²) in [5.41, 5.74) is 2.41. The topological polar surface area (TPSA) is 51.2 Å². The van der Waals surface area contributed by atoms with Gasteiger partial charge in [-0.1, -0.05) is 6.42 Å². The molecule has 2 atom stereocenters. The van der Waals surface area contributed by atoms with Gasteiger partial charge in [0.2, 0.25) is 0 Å². The molecule has 6 nitrogen and oxygen atoms in total. The van der Waals surface area contributed by atoms with Crippen molar-refractivity contribution in [2.45, 2.75) is 63.5 Å². The monoisotopic (exact) mass is 624 g/mol. The fraction of sp³-hybridized carbons (Fsp3) is 0.447. The molecule has 0 amide bonds. The number of ketones is 1. The van der Waals surface area contributed by atoms with E-state index in [1.165, 1.54) is 71.1 Å². The van der Waals surface area contributed by atoms with Gasteiger partial charge in [-0.05, 0) is 143 Å². The third-order valence-electron chi connectivity index (χ3n) is 9.80. The Morgan fingerprint density at radius 1 is 0.800 bits per heavy atom. The van der Waals surface area contributed by atoms with Crippen LogP contribution in [0.25, 0.3) is 20.5 Å². The van der Waals surface area contributed by atoms with Crippen molar-refractivity contribution in [3.05, 3.63) is 77.9 Å². The molecule has 7 rings (SSSR count). The molecule has 7 heteroatoms. The number of carbonyl (C=O) groups excluding carboxylic acids is 1. The molecule has 4 aromatic rings. The van der Waals surface area contributed by atoms with Crippen molar-refractivity contribution in [3.63, 3.8) is 0 Å². The van der Waals surface area contributed by atoms with Crippen molar-refractivity contribution >= 4 is 27.2 Å². The Kier molecular flexibility index (Phi) is 9.38. The summed E-state index contributed by atoms with van der Waals surface area (Å²) in [5, 5.41) is 0.947. The molecule has 3 fully saturated rings. The summed E-state index contributed by atoms with van der Waals surface area (Å²) in [7, 11) is 1.67. The molecule has 3 aliphatic rings. The highest BCUT2D eigenvalue weighted by Crippen LogP contribution is 2.42. The quantitative estimate of drug-likeness (QED) is 0.157. The number of hydrogen-bond acceptors (Lipinski definition) is 7. The SMILES string of the molecule is COc1ccc2c(C(=O)c3ccc(O[C@H]4CCC[C@@H]4N4CCCCC4)cc3)c(-c3ccc(OCCN4CCCC4)cc3)sc2c1. The van der Waals surface area contributed by atoms with Gasteiger partial charge in [0.25, 0.3) is 0 Å². The van der Waals surface area contributed by atoms with Crippen LogP contribution in [-0.4, -0.2) is 74.2 Å². The maximum Gasteiger partial charge on any atom is 0.195 e. The first kappa shape index (κ1) is 30.3. The molecule has 3 heterocycles. The second-order valence-electron chi connectivity index (χ2n) is 12.7. The molecule has 3 aromatic carbocycles. The zero-order valence-corrected chi connectivity index (χ0v) is 27.2. The first-order chi connectivity index (χ1) is 22.2. The van der Waals surface area contributed by atoms with Crippen LogP contribution in [0.1, 0.15) is 67.3 Å². The highest BCUT2D eigenvalue weighted by Gasteiger charge is 2.34. The molecule has 0 spiro atoms. The number of rotatable bonds is 11. The van der Waals surface area contributed by atoms with E-state index in [1.807, 2.05) is 54.6 Å². The average Bonchev–Trinajstić information content (AvgIpc) is 3.86. The van der Waals surface area contributed by atoms with Crippen molar-refractivity contribution in [2.75, 3.05) is 46.4 Å². The lowest BCUT2D eigenvalue weighted by molar-refractivity contribution is 0.0739. The fourth-order valence-electron chi connectivity index (χ4n) is 7.35. The fourth-order valence-corrected chi connectivity index (χ4v) is 8.58. The first-order valence-corrected chi connectivity index (χ1v) is 17.6. The zero-order chi connectivity index (χ0) is 30.6. The molecule has 0 N–H and O–H groups in total. The van der Waals surface area contributed by atoms with E-state index in [1.54, 1.807) is 18.4 Å². The van der Waals surface area contributed by atoms with Crippen LogP contribution in [0.4, 0.5) is 0 Å². The number of ether oxygens (including phenoxy) is 3. The number of piperidine rings is 1. The number of benzene rings is 3. The maximum absolute atomic E-state index is 14.2. The maximum atomic E-state index is 14.2. The van der Waals surface area contributed by atoms with E-state index in [0.29, 0.717) is 18.2 Å². The average molecular weight is 625 g/mol. The van der Waals surface area contributed by atoms with Crippen LogP contribution in [0.15, 0.2) is 66.7 Å². The van der Waals surface area contributed by atoms with Crippen LogP contribution in [0.5, 0.6) is 17.2 Å². The van der Waals surface area contributed by atoms with E-state index in [2.05, 4.69) is 21.9 Å². The molecule has 45 heavy (non-hydrogen) atoms. The minimum absolute atomic E-state index is 0.0194. The van der Waals surface area contributed by atoms with Crippen molar-refractivity contribution in [2.24, 2.45) is 0 Å². The van der Waals surface area contributed by atoms with Gasteiger partial charge < -0.3 is 14.2 Å². The van der Waals surface area contributed by atoms with Gasteiger partial charge in [0.15, 0.2) is 5.78 Å². The molecule has 2 aliphatic heterocycles. The van der Waals surface area contributed by atoms with E-state index >= 15 is 0 Å². The van der Waals surface area contributed by atoms with Crippen molar-refractivity contribution in [3.8, 4) is 27.7 Å². The number of thiophene rings is 1. The Morgan fingerprint density at radius 3 is 2.27 bits per heavy atom. The Hall–Kier alpha value is -3.39. The zero-order valence-electron chi connectivity index (χ0n) is 26.3. The van der Waals surface area contributed by atoms with Crippen LogP contribution < -0.4 is 14.2 Å². The summed E-state index contributed by atoms with van der Waals surface area (Å²) in [6.07, 6.45) is 10.3. The van der Waals surface area contributed by atoms with Crippen molar-refractivity contribution in [1.29, 1.82) is 0 Å². The molecule has 1 saturated carbocycles. The lowest BCUT2D eigenvalue weighted by Crippen LogP contribution is -2.45. The van der Waals surface area contributed by atoms with E-state index < -0.39 is 0 Å². The molecule has 0 unspecified atom stereocenters. The molecule has 1 aliphatic carbocycles. The van der Waals surface area contributed by atoms with Crippen LogP contribution >= 0.6 is 11.3 Å². The van der Waals surface area contributed by atoms with E-state index in [-0.39, 0.29) is 11.9 Å². The Bertz CT molecular complexity index is 1590. The predicted molar refractivity (Wildman–Crippen MR) is 182 cm³/mol. The summed E-state index contributed by atoms with van der Waals surface area (Å²) in [4.78, 5) is 20.3. The lowest BCUT2D eigenvalue weighted by Gasteiger charge is -2.35. The largest absolute Gasteiger partial charge is 0.497 e. The minimum atomic E-state index is 0.0194. The molecule has 2 saturated heterocycles. The number of methoxy groups -OCH3 is 1. The van der Waals surface area contributed by atoms with Gasteiger partial charge in [-0.15, -0.1) is 11.3 Å². The van der Waals surface area contributed by atoms with Gasteiger partial charge in [-0.25, -0.2) is 0 Å². The highest BCUT2D eigenvalue weighted by atomic mass is 32.1. The van der Waals surface area contributed by atoms with Crippen molar-refractivity contribution < 1.29 is 19.0 Å². The van der Waals surface area contributed by atoms with Crippen LogP contribution in [0.2, 0.25) is 0 Å². The van der Waals surface area contributed by atoms with E-state index in [0.717, 1.165) is 56.3 Å². The van der Waals surface area contributed by atoms with Gasteiger partial charge in [-0.2, -0.15) is 0 Å². The summed E-state index contributed by atoms with van der Waals surface area (Å²) >= 11 is 1.63. The van der Waals surface area contributed by atoms with Gasteiger partial charge in [-0.3, -0.25) is 14.6 Å². The van der Waals surface area contributed by atoms with Gasteiger partial charge in [0.1, 0.15) is 30.0 Å². The summed E-state index contributed by atoms with van der Waals surface area (Å²) in [5.74, 6) is 2.51. The van der Waals surface area contributed by atoms with Crippen molar-refractivity contribution in [1.82, 2.24) is 9.80 Å². The molecule has 0 bridgehead atoms. The highest BCUT2D eigenvalue weighted by molar-refractivity contribution is 7.22. The van der Waals surface area contributed by atoms with Crippen LogP contribution in [0.3, 0.4) is 0 Å². The van der Waals surface area contributed by atoms with Crippen LogP contribution in [-0.2, 0) is 0 Å². The van der Waals surface area contributed by atoms with E-state index in [4.69, 9.17) is 14.2 Å². The van der Waals surface area contributed by atoms with Gasteiger partial charge in [0.05, 0.1) is 7.11 Å². The smallest absolute Gasteiger partial charge is 0.195 e. The molecule has 236 valence electrons. The minimum Gasteiger partial charge on any atom is -0.497 e. The summed E-state index contributed by atoms with van der Waals surface area (Å²) in [6.45, 7) is 6.37. The van der Waals surface area contributed by atoms with Gasteiger partial charge in [0, 0.05) is 38.7 Å². The second-order valence-corrected chi connectivity index (χ2v) is 13.7. The standard InChI is InChI=1S/C38H44N2O4S/c1-42-31-18-19-32-35(26-31)45-38(28-12-14-29(15-13-28)43-25-24-39-20-5-6-21-39)36(32)37(41)27-10-16-30(17-11-27)44-34-9-7-8-33(34)40-22-3-2-4-23-40/h10-19,26,33-34H,2-9,20-25H2,1H3/t33-,34-/m0/s1. The first-order valence-electron chi connectivity index (χ1n) is 16.8. The Morgan fingerprint density at radius 2 is 1.51 bits per heavy atom. The van der Waals surface area contributed by atoms with Crippen LogP contribution in [0, 0.1) is 0 Å².